The largest absolute Gasteiger partial charge is 0.497 e. The number of hydrogen-bond donors (Lipinski definition) is 1. The number of carbonyl (C=O) groups is 1. The molecule has 38 heavy (non-hydrogen) atoms. The zero-order valence-corrected chi connectivity index (χ0v) is 23.4. The van der Waals surface area contributed by atoms with Crippen molar-refractivity contribution in [3.05, 3.63) is 36.1 Å². The zero-order valence-electron chi connectivity index (χ0n) is 22.6. The molecule has 10 heteroatoms. The summed E-state index contributed by atoms with van der Waals surface area (Å²) in [6, 6.07) is 6.38. The highest BCUT2D eigenvalue weighted by Crippen LogP contribution is 2.40. The Morgan fingerprint density at radius 1 is 1.05 bits per heavy atom. The highest BCUT2D eigenvalue weighted by Gasteiger charge is 2.36. The quantitative estimate of drug-likeness (QED) is 0.424. The predicted octanol–water partition coefficient (Wildman–Crippen LogP) is 3.53. The number of sulfonamides is 1. The Balaban J connectivity index is 1.39. The maximum Gasteiger partial charge on any atom is 0.288 e. The second-order valence-corrected chi connectivity index (χ2v) is 12.5. The molecule has 3 aliphatic rings. The van der Waals surface area contributed by atoms with Gasteiger partial charge in [0.15, 0.2) is 5.76 Å². The van der Waals surface area contributed by atoms with Crippen molar-refractivity contribution in [2.24, 2.45) is 11.8 Å². The summed E-state index contributed by atoms with van der Waals surface area (Å²) in [4.78, 5) is 15.3. The fourth-order valence-corrected chi connectivity index (χ4v) is 7.00. The maximum atomic E-state index is 13.4. The first kappa shape index (κ1) is 28.9. The molecule has 0 radical (unpaired) electrons. The molecule has 1 amide bonds. The van der Waals surface area contributed by atoms with Gasteiger partial charge in [-0.2, -0.15) is 4.31 Å². The Morgan fingerprint density at radius 3 is 2.37 bits per heavy atom. The number of rotatable bonds is 12. The van der Waals surface area contributed by atoms with Gasteiger partial charge in [0.2, 0.25) is 16.3 Å². The van der Waals surface area contributed by atoms with Crippen LogP contribution in [0.5, 0.6) is 5.75 Å². The van der Waals surface area contributed by atoms with Gasteiger partial charge in [-0.1, -0.05) is 25.7 Å². The van der Waals surface area contributed by atoms with E-state index in [0.717, 1.165) is 38.5 Å². The molecule has 0 saturated heterocycles. The van der Waals surface area contributed by atoms with E-state index in [2.05, 4.69) is 0 Å². The van der Waals surface area contributed by atoms with Crippen LogP contribution in [0.3, 0.4) is 0 Å². The lowest BCUT2D eigenvalue weighted by Gasteiger charge is -2.39. The van der Waals surface area contributed by atoms with E-state index in [4.69, 9.17) is 14.2 Å². The first-order chi connectivity index (χ1) is 18.3. The third-order valence-corrected chi connectivity index (χ3v) is 10.1. The molecule has 212 valence electrons. The van der Waals surface area contributed by atoms with Crippen LogP contribution in [0.1, 0.15) is 57.8 Å². The summed E-state index contributed by atoms with van der Waals surface area (Å²) in [5.74, 6) is 1.54. The molecule has 2 aliphatic carbocycles. The molecule has 1 heterocycles. The molecule has 9 nitrogen and oxygen atoms in total. The van der Waals surface area contributed by atoms with Crippen LogP contribution < -0.4 is 4.74 Å². The number of carbonyl (C=O) groups excluding carboxylic acids is 1. The van der Waals surface area contributed by atoms with Crippen LogP contribution in [-0.2, 0) is 24.3 Å². The van der Waals surface area contributed by atoms with E-state index >= 15 is 0 Å². The van der Waals surface area contributed by atoms with Crippen molar-refractivity contribution in [1.82, 2.24) is 9.21 Å². The predicted molar refractivity (Wildman–Crippen MR) is 143 cm³/mol. The molecular weight excluding hydrogens is 508 g/mol. The number of hydrogen-bond acceptors (Lipinski definition) is 7. The molecule has 4 rings (SSSR count). The maximum absolute atomic E-state index is 13.4. The van der Waals surface area contributed by atoms with Gasteiger partial charge in [-0.3, -0.25) is 4.79 Å². The van der Waals surface area contributed by atoms with Crippen molar-refractivity contribution in [3.63, 3.8) is 0 Å². The Morgan fingerprint density at radius 2 is 1.76 bits per heavy atom. The molecule has 2 fully saturated rings. The lowest BCUT2D eigenvalue weighted by atomic mass is 9.73. The van der Waals surface area contributed by atoms with Gasteiger partial charge in [0.1, 0.15) is 5.75 Å². The summed E-state index contributed by atoms with van der Waals surface area (Å²) < 4.78 is 44.8. The van der Waals surface area contributed by atoms with Gasteiger partial charge in [-0.05, 0) is 67.9 Å². The van der Waals surface area contributed by atoms with E-state index in [9.17, 15) is 18.3 Å². The molecule has 1 aliphatic heterocycles. The van der Waals surface area contributed by atoms with Crippen molar-refractivity contribution in [2.45, 2.75) is 75.0 Å². The number of ether oxygens (including phenoxy) is 3. The Labute approximate surface area is 226 Å². The Hall–Kier alpha value is -2.14. The zero-order chi connectivity index (χ0) is 27.1. The smallest absolute Gasteiger partial charge is 0.288 e. The average molecular weight is 551 g/mol. The van der Waals surface area contributed by atoms with Gasteiger partial charge in [0, 0.05) is 32.6 Å². The van der Waals surface area contributed by atoms with E-state index in [1.807, 2.05) is 18.0 Å². The van der Waals surface area contributed by atoms with Crippen LogP contribution >= 0.6 is 0 Å². The number of nitrogens with zero attached hydrogens (tertiary/aromatic N) is 2. The molecule has 2 atom stereocenters. The first-order valence-electron chi connectivity index (χ1n) is 13.9. The molecule has 2 saturated carbocycles. The molecule has 0 spiro atoms. The van der Waals surface area contributed by atoms with Crippen LogP contribution in [0.15, 0.2) is 41.0 Å². The molecule has 0 bridgehead atoms. The number of aliphatic hydroxyl groups is 1. The van der Waals surface area contributed by atoms with Crippen LogP contribution in [0, 0.1) is 11.8 Å². The number of amides is 1. The van der Waals surface area contributed by atoms with Crippen LogP contribution in [0.25, 0.3) is 0 Å². The van der Waals surface area contributed by atoms with Gasteiger partial charge >= 0.3 is 0 Å². The molecule has 0 aromatic heterocycles. The summed E-state index contributed by atoms with van der Waals surface area (Å²) in [5.41, 5.74) is 0. The molecule has 1 aromatic rings. The summed E-state index contributed by atoms with van der Waals surface area (Å²) in [6.07, 6.45) is 11.0. The lowest BCUT2D eigenvalue weighted by Crippen LogP contribution is -2.42. The Bertz CT molecular complexity index is 1050. The van der Waals surface area contributed by atoms with E-state index in [1.165, 1.54) is 36.4 Å². The summed E-state index contributed by atoms with van der Waals surface area (Å²) in [5, 5.41) is 9.52. The third kappa shape index (κ3) is 6.89. The normalized spacial score (nSPS) is 22.9. The van der Waals surface area contributed by atoms with E-state index in [-0.39, 0.29) is 49.1 Å². The van der Waals surface area contributed by atoms with Crippen molar-refractivity contribution >= 4 is 15.9 Å². The molecule has 0 unspecified atom stereocenters. The summed E-state index contributed by atoms with van der Waals surface area (Å²) >= 11 is 0. The number of aliphatic hydroxyl groups excluding tert-OH is 1. The highest BCUT2D eigenvalue weighted by molar-refractivity contribution is 7.89. The molecule has 1 aromatic carbocycles. The third-order valence-electron chi connectivity index (χ3n) is 8.19. The minimum Gasteiger partial charge on any atom is -0.497 e. The van der Waals surface area contributed by atoms with Crippen molar-refractivity contribution < 1.29 is 32.5 Å². The van der Waals surface area contributed by atoms with Crippen LogP contribution in [0.2, 0.25) is 0 Å². The van der Waals surface area contributed by atoms with E-state index < -0.39 is 16.3 Å². The Kier molecular flexibility index (Phi) is 10.1. The van der Waals surface area contributed by atoms with E-state index in [1.54, 1.807) is 12.1 Å². The number of allylic oxidation sites excluding steroid dienone is 1. The first-order valence-corrected chi connectivity index (χ1v) is 15.3. The van der Waals surface area contributed by atoms with Crippen molar-refractivity contribution in [2.75, 3.05) is 40.5 Å². The molecular formula is C28H42N2O7S. The number of benzene rings is 1. The fourth-order valence-electron chi connectivity index (χ4n) is 5.59. The van der Waals surface area contributed by atoms with E-state index in [0.29, 0.717) is 23.8 Å². The SMILES string of the molecule is COc1ccc(S(=O)(=O)N(CCO)CCO[C@@H]2C[C@H](C3CCC3)C=C(C(=O)N(C)C3CCCCC3)O2)cc1. The number of likely N-dealkylation sites (N-methyl/N-ethyl adjacent to an activating group) is 1. The highest BCUT2D eigenvalue weighted by atomic mass is 32.2. The van der Waals surface area contributed by atoms with Gasteiger partial charge in [-0.15, -0.1) is 0 Å². The molecule has 1 N–H and O–H groups in total. The monoisotopic (exact) mass is 550 g/mol. The van der Waals surface area contributed by atoms with Crippen LogP contribution in [-0.4, -0.2) is 81.4 Å². The second-order valence-electron chi connectivity index (χ2n) is 10.6. The second kappa shape index (κ2) is 13.3. The topological polar surface area (TPSA) is 106 Å². The van der Waals surface area contributed by atoms with Gasteiger partial charge in [0.25, 0.3) is 5.91 Å². The minimum atomic E-state index is -3.83. The number of methoxy groups -OCH3 is 1. The van der Waals surface area contributed by atoms with Gasteiger partial charge in [0.05, 0.1) is 25.2 Å². The minimum absolute atomic E-state index is 0.0518. The van der Waals surface area contributed by atoms with Gasteiger partial charge < -0.3 is 24.2 Å². The van der Waals surface area contributed by atoms with Crippen molar-refractivity contribution in [1.29, 1.82) is 0 Å². The fraction of sp³-hybridized carbons (Fsp3) is 0.679. The van der Waals surface area contributed by atoms with Crippen molar-refractivity contribution in [3.8, 4) is 5.75 Å². The summed E-state index contributed by atoms with van der Waals surface area (Å²) in [7, 11) is -0.452. The standard InChI is InChI=1S/C28H42N2O7S/c1-29(23-9-4-3-5-10-23)28(32)26-19-22(21-7-6-8-21)20-27(37-26)36-18-16-30(15-17-31)38(33,34)25-13-11-24(35-2)12-14-25/h11-14,19,21-23,27,31H,3-10,15-18,20H2,1-2H3/t22-,27+/m1/s1. The summed E-state index contributed by atoms with van der Waals surface area (Å²) in [6.45, 7) is -0.229. The van der Waals surface area contributed by atoms with Gasteiger partial charge in [-0.25, -0.2) is 8.42 Å². The van der Waals surface area contributed by atoms with Crippen LogP contribution in [0.4, 0.5) is 0 Å². The lowest BCUT2D eigenvalue weighted by molar-refractivity contribution is -0.158. The average Bonchev–Trinajstić information content (AvgIpc) is 2.91.